The van der Waals surface area contributed by atoms with E-state index in [4.69, 9.17) is 10.7 Å². The Balaban J connectivity index is 2.38. The number of rotatable bonds is 3. The maximum Gasteiger partial charge on any atom is 0.264 e. The van der Waals surface area contributed by atoms with E-state index in [1.54, 1.807) is 0 Å². The third-order valence-electron chi connectivity index (χ3n) is 3.67. The highest BCUT2D eigenvalue weighted by Gasteiger charge is 2.29. The van der Waals surface area contributed by atoms with E-state index in [1.165, 1.54) is 4.90 Å². The molecule has 0 N–H and O–H groups in total. The lowest BCUT2D eigenvalue weighted by Crippen LogP contribution is -2.29. The lowest BCUT2D eigenvalue weighted by molar-refractivity contribution is 0.0782. The first-order valence-corrected chi connectivity index (χ1v) is 8.78. The van der Waals surface area contributed by atoms with Crippen LogP contribution in [-0.2, 0) is 9.05 Å². The van der Waals surface area contributed by atoms with E-state index >= 15 is 0 Å². The van der Waals surface area contributed by atoms with Gasteiger partial charge in [0.15, 0.2) is 0 Å². The van der Waals surface area contributed by atoms with Crippen molar-refractivity contribution in [3.63, 3.8) is 0 Å². The first-order chi connectivity index (χ1) is 9.74. The maximum absolute atomic E-state index is 13.8. The third-order valence-corrected chi connectivity index (χ3v) is 5.00. The summed E-state index contributed by atoms with van der Waals surface area (Å²) in [5, 5.41) is 0. The number of carbonyl (C=O) groups is 1. The van der Waals surface area contributed by atoms with Crippen LogP contribution in [0.15, 0.2) is 17.0 Å². The second kappa shape index (κ2) is 5.88. The van der Waals surface area contributed by atoms with Gasteiger partial charge in [0.25, 0.3) is 15.0 Å². The molecular weight excluding hydrogens is 324 g/mol. The Hall–Kier alpha value is -1.21. The van der Waals surface area contributed by atoms with Crippen LogP contribution in [0.1, 0.15) is 30.1 Å². The largest absolute Gasteiger partial charge is 0.338 e. The molecule has 1 unspecified atom stereocenters. The Bertz CT molecular complexity index is 678. The smallest absolute Gasteiger partial charge is 0.264 e. The van der Waals surface area contributed by atoms with Crippen LogP contribution in [0.5, 0.6) is 0 Å². The fourth-order valence-electron chi connectivity index (χ4n) is 2.40. The Kier molecular flexibility index (Phi) is 4.53. The van der Waals surface area contributed by atoms with Gasteiger partial charge in [0.2, 0.25) is 0 Å². The second-order valence-electron chi connectivity index (χ2n) is 5.01. The van der Waals surface area contributed by atoms with E-state index in [0.717, 1.165) is 12.8 Å². The summed E-state index contributed by atoms with van der Waals surface area (Å²) in [5.41, 5.74) is -0.479. The minimum absolute atomic E-state index is 0.341. The highest BCUT2D eigenvalue weighted by atomic mass is 35.7. The molecule has 1 amide bonds. The van der Waals surface area contributed by atoms with Crippen molar-refractivity contribution in [1.82, 2.24) is 4.90 Å². The maximum atomic E-state index is 13.8. The SMILES string of the molecule is CCC1CCN(C(=O)c2cc(S(=O)(=O)Cl)c(F)cc2F)C1. The standard InChI is InChI=1S/C13H14ClF2NO3S/c1-2-8-3-4-17(7-8)13(18)9-5-12(21(14,19)20)11(16)6-10(9)15/h5-6,8H,2-4,7H2,1H3. The molecule has 1 aliphatic rings. The molecule has 0 aliphatic carbocycles. The summed E-state index contributed by atoms with van der Waals surface area (Å²) >= 11 is 0. The van der Waals surface area contributed by atoms with Gasteiger partial charge in [-0.25, -0.2) is 17.2 Å². The van der Waals surface area contributed by atoms with E-state index in [9.17, 15) is 22.0 Å². The lowest BCUT2D eigenvalue weighted by atomic mass is 10.1. The molecular formula is C13H14ClF2NO3S. The molecule has 1 fully saturated rings. The molecule has 1 aromatic carbocycles. The van der Waals surface area contributed by atoms with Gasteiger partial charge in [-0.2, -0.15) is 0 Å². The predicted octanol–water partition coefficient (Wildman–Crippen LogP) is 2.76. The van der Waals surface area contributed by atoms with Gasteiger partial charge in [-0.3, -0.25) is 4.79 Å². The van der Waals surface area contributed by atoms with Crippen LogP contribution >= 0.6 is 10.7 Å². The average Bonchev–Trinajstić information content (AvgIpc) is 2.85. The second-order valence-corrected chi connectivity index (χ2v) is 7.55. The minimum Gasteiger partial charge on any atom is -0.338 e. The van der Waals surface area contributed by atoms with Crippen LogP contribution in [0, 0.1) is 17.6 Å². The molecule has 0 aromatic heterocycles. The number of benzene rings is 1. The van der Waals surface area contributed by atoms with Crippen LogP contribution in [0.4, 0.5) is 8.78 Å². The monoisotopic (exact) mass is 337 g/mol. The van der Waals surface area contributed by atoms with E-state index in [2.05, 4.69) is 0 Å². The minimum atomic E-state index is -4.39. The summed E-state index contributed by atoms with van der Waals surface area (Å²) in [7, 11) is 0.698. The number of carbonyl (C=O) groups excluding carboxylic acids is 1. The van der Waals surface area contributed by atoms with Gasteiger partial charge in [0, 0.05) is 29.8 Å². The quantitative estimate of drug-likeness (QED) is 0.797. The number of halogens is 3. The van der Waals surface area contributed by atoms with Crippen molar-refractivity contribution in [2.24, 2.45) is 5.92 Å². The summed E-state index contributed by atoms with van der Waals surface area (Å²) < 4.78 is 49.7. The van der Waals surface area contributed by atoms with E-state index in [1.807, 2.05) is 6.92 Å². The first kappa shape index (κ1) is 16.2. The summed E-state index contributed by atoms with van der Waals surface area (Å²) in [6.45, 7) is 2.95. The average molecular weight is 338 g/mol. The van der Waals surface area contributed by atoms with Gasteiger partial charge in [0.1, 0.15) is 16.5 Å². The van der Waals surface area contributed by atoms with Gasteiger partial charge < -0.3 is 4.90 Å². The van der Waals surface area contributed by atoms with E-state index < -0.39 is 37.1 Å². The molecule has 8 heteroatoms. The number of amides is 1. The first-order valence-electron chi connectivity index (χ1n) is 6.47. The third kappa shape index (κ3) is 3.35. The topological polar surface area (TPSA) is 54.5 Å². The molecule has 1 aromatic rings. The molecule has 0 spiro atoms. The van der Waals surface area contributed by atoms with Crippen molar-refractivity contribution in [1.29, 1.82) is 0 Å². The summed E-state index contributed by atoms with van der Waals surface area (Å²) in [6.07, 6.45) is 1.71. The summed E-state index contributed by atoms with van der Waals surface area (Å²) in [5.74, 6) is -2.72. The highest BCUT2D eigenvalue weighted by Crippen LogP contribution is 2.26. The molecule has 0 radical (unpaired) electrons. The van der Waals surface area contributed by atoms with E-state index in [-0.39, 0.29) is 0 Å². The molecule has 1 heterocycles. The van der Waals surface area contributed by atoms with Crippen molar-refractivity contribution in [3.05, 3.63) is 29.3 Å². The van der Waals surface area contributed by atoms with Crippen LogP contribution in [0.25, 0.3) is 0 Å². The van der Waals surface area contributed by atoms with Gasteiger partial charge in [-0.1, -0.05) is 13.3 Å². The molecule has 1 atom stereocenters. The summed E-state index contributed by atoms with van der Waals surface area (Å²) in [4.78, 5) is 12.8. The molecule has 1 aliphatic heterocycles. The molecule has 0 bridgehead atoms. The van der Waals surface area contributed by atoms with Crippen molar-refractivity contribution < 1.29 is 22.0 Å². The Morgan fingerprint density at radius 1 is 1.38 bits per heavy atom. The summed E-state index contributed by atoms with van der Waals surface area (Å²) in [6, 6.07) is 1.03. The molecule has 4 nitrogen and oxygen atoms in total. The van der Waals surface area contributed by atoms with Crippen molar-refractivity contribution in [3.8, 4) is 0 Å². The highest BCUT2D eigenvalue weighted by molar-refractivity contribution is 8.13. The molecule has 2 rings (SSSR count). The van der Waals surface area contributed by atoms with Crippen LogP contribution < -0.4 is 0 Å². The predicted molar refractivity (Wildman–Crippen MR) is 73.7 cm³/mol. The van der Waals surface area contributed by atoms with Crippen LogP contribution in [-0.4, -0.2) is 32.3 Å². The lowest BCUT2D eigenvalue weighted by Gasteiger charge is -2.17. The van der Waals surface area contributed by atoms with Gasteiger partial charge in [-0.15, -0.1) is 0 Å². The zero-order chi connectivity index (χ0) is 15.8. The van der Waals surface area contributed by atoms with Crippen molar-refractivity contribution in [2.45, 2.75) is 24.7 Å². The Labute approximate surface area is 126 Å². The van der Waals surface area contributed by atoms with Gasteiger partial charge in [-0.05, 0) is 18.4 Å². The molecule has 0 saturated carbocycles. The fraction of sp³-hybridized carbons (Fsp3) is 0.462. The Morgan fingerprint density at radius 3 is 2.57 bits per heavy atom. The Morgan fingerprint density at radius 2 is 2.05 bits per heavy atom. The number of likely N-dealkylation sites (tertiary alicyclic amines) is 1. The zero-order valence-corrected chi connectivity index (χ0v) is 12.8. The number of hydrogen-bond acceptors (Lipinski definition) is 3. The van der Waals surface area contributed by atoms with Gasteiger partial charge >= 0.3 is 0 Å². The van der Waals surface area contributed by atoms with Crippen molar-refractivity contribution >= 4 is 25.6 Å². The zero-order valence-electron chi connectivity index (χ0n) is 11.3. The van der Waals surface area contributed by atoms with E-state index in [0.29, 0.717) is 31.1 Å². The normalized spacial score (nSPS) is 19.0. The van der Waals surface area contributed by atoms with Crippen molar-refractivity contribution in [2.75, 3.05) is 13.1 Å². The van der Waals surface area contributed by atoms with Gasteiger partial charge in [0.05, 0.1) is 5.56 Å². The number of nitrogens with zero attached hydrogens (tertiary/aromatic N) is 1. The van der Waals surface area contributed by atoms with Crippen LogP contribution in [0.3, 0.4) is 0 Å². The fourth-order valence-corrected chi connectivity index (χ4v) is 3.31. The molecule has 21 heavy (non-hydrogen) atoms. The molecule has 116 valence electrons. The van der Waals surface area contributed by atoms with Crippen LogP contribution in [0.2, 0.25) is 0 Å². The number of hydrogen-bond donors (Lipinski definition) is 0. The molecule has 1 saturated heterocycles.